The van der Waals surface area contributed by atoms with Crippen LogP contribution in [0, 0.1) is 13.8 Å². The molecular formula is C17H15ClO2. The van der Waals surface area contributed by atoms with Gasteiger partial charge in [0, 0.05) is 16.7 Å². The van der Waals surface area contributed by atoms with E-state index in [0.29, 0.717) is 16.3 Å². The van der Waals surface area contributed by atoms with E-state index in [0.717, 1.165) is 11.1 Å². The summed E-state index contributed by atoms with van der Waals surface area (Å²) in [6, 6.07) is 12.8. The van der Waals surface area contributed by atoms with Gasteiger partial charge in [-0.15, -0.1) is 0 Å². The molecule has 2 aromatic carbocycles. The van der Waals surface area contributed by atoms with Gasteiger partial charge in [0.2, 0.25) is 0 Å². The van der Waals surface area contributed by atoms with Gasteiger partial charge in [-0.1, -0.05) is 41.4 Å². The smallest absolute Gasteiger partial charge is 0.188 e. The summed E-state index contributed by atoms with van der Waals surface area (Å²) >= 11 is 5.93. The molecule has 0 unspecified atom stereocenters. The van der Waals surface area contributed by atoms with E-state index in [1.807, 2.05) is 32.0 Å². The van der Waals surface area contributed by atoms with Crippen LogP contribution in [0.4, 0.5) is 0 Å². The lowest BCUT2D eigenvalue weighted by Crippen LogP contribution is -1.95. The number of ketones is 1. The highest BCUT2D eigenvalue weighted by Crippen LogP contribution is 2.21. The summed E-state index contributed by atoms with van der Waals surface area (Å²) in [6.07, 6.45) is 2.81. The van der Waals surface area contributed by atoms with Crippen molar-refractivity contribution in [2.75, 3.05) is 0 Å². The van der Waals surface area contributed by atoms with E-state index in [9.17, 15) is 4.79 Å². The molecule has 0 bridgehead atoms. The van der Waals surface area contributed by atoms with Gasteiger partial charge in [-0.25, -0.2) is 0 Å². The molecule has 0 N–H and O–H groups in total. The van der Waals surface area contributed by atoms with Gasteiger partial charge in [-0.2, -0.15) is 0 Å². The minimum Gasteiger partial charge on any atom is -0.465 e. The van der Waals surface area contributed by atoms with Crippen LogP contribution in [0.5, 0.6) is 5.75 Å². The molecule has 0 aliphatic rings. The Bertz CT molecular complexity index is 643. The molecule has 2 rings (SSSR count). The van der Waals surface area contributed by atoms with E-state index in [1.54, 1.807) is 24.3 Å². The maximum atomic E-state index is 11.9. The third kappa shape index (κ3) is 3.72. The summed E-state index contributed by atoms with van der Waals surface area (Å²) in [5.41, 5.74) is 2.70. The minimum absolute atomic E-state index is 0.0873. The van der Waals surface area contributed by atoms with Crippen molar-refractivity contribution in [2.45, 2.75) is 13.8 Å². The zero-order chi connectivity index (χ0) is 14.5. The lowest BCUT2D eigenvalue weighted by atomic mass is 10.1. The monoisotopic (exact) mass is 286 g/mol. The molecule has 0 atom stereocenters. The molecule has 2 nitrogen and oxygen atoms in total. The molecule has 0 fully saturated rings. The SMILES string of the molecule is Cc1ccc(C(=O)C=COc2ccc(Cl)c(C)c2)cc1. The first-order valence-electron chi connectivity index (χ1n) is 6.26. The number of hydrogen-bond donors (Lipinski definition) is 0. The number of carbonyl (C=O) groups is 1. The second kappa shape index (κ2) is 6.40. The molecule has 0 aliphatic heterocycles. The third-order valence-corrected chi connectivity index (χ3v) is 3.31. The number of halogens is 1. The molecule has 2 aromatic rings. The predicted molar refractivity (Wildman–Crippen MR) is 81.5 cm³/mol. The Morgan fingerprint density at radius 3 is 2.45 bits per heavy atom. The summed E-state index contributed by atoms with van der Waals surface area (Å²) in [4.78, 5) is 11.9. The maximum absolute atomic E-state index is 11.9. The number of ether oxygens (including phenoxy) is 1. The first-order chi connectivity index (χ1) is 9.56. The quantitative estimate of drug-likeness (QED) is 0.461. The zero-order valence-electron chi connectivity index (χ0n) is 11.4. The maximum Gasteiger partial charge on any atom is 0.188 e. The molecule has 0 saturated carbocycles. The summed E-state index contributed by atoms with van der Waals surface area (Å²) in [5, 5.41) is 0.692. The van der Waals surface area contributed by atoms with Crippen LogP contribution >= 0.6 is 11.6 Å². The Kier molecular flexibility index (Phi) is 4.59. The number of carbonyl (C=O) groups excluding carboxylic acids is 1. The molecule has 0 spiro atoms. The second-order valence-electron chi connectivity index (χ2n) is 4.56. The average Bonchev–Trinajstić information content (AvgIpc) is 2.43. The van der Waals surface area contributed by atoms with Crippen molar-refractivity contribution < 1.29 is 9.53 Å². The van der Waals surface area contributed by atoms with Crippen LogP contribution in [0.1, 0.15) is 21.5 Å². The summed E-state index contributed by atoms with van der Waals surface area (Å²) < 4.78 is 5.40. The summed E-state index contributed by atoms with van der Waals surface area (Å²) in [7, 11) is 0. The number of hydrogen-bond acceptors (Lipinski definition) is 2. The molecule has 102 valence electrons. The normalized spacial score (nSPS) is 10.8. The van der Waals surface area contributed by atoms with E-state index >= 15 is 0 Å². The second-order valence-corrected chi connectivity index (χ2v) is 4.97. The Balaban J connectivity index is 2.00. The first-order valence-corrected chi connectivity index (χ1v) is 6.64. The molecule has 0 heterocycles. The van der Waals surface area contributed by atoms with E-state index < -0.39 is 0 Å². The average molecular weight is 287 g/mol. The van der Waals surface area contributed by atoms with Crippen LogP contribution < -0.4 is 4.74 Å². The van der Waals surface area contributed by atoms with E-state index in [1.165, 1.54) is 12.3 Å². The number of benzene rings is 2. The van der Waals surface area contributed by atoms with Gasteiger partial charge in [0.05, 0.1) is 6.26 Å². The van der Waals surface area contributed by atoms with Gasteiger partial charge >= 0.3 is 0 Å². The highest BCUT2D eigenvalue weighted by molar-refractivity contribution is 6.31. The van der Waals surface area contributed by atoms with Crippen LogP contribution in [0.15, 0.2) is 54.8 Å². The molecule has 0 aliphatic carbocycles. The zero-order valence-corrected chi connectivity index (χ0v) is 12.1. The predicted octanol–water partition coefficient (Wildman–Crippen LogP) is 4.73. The molecule has 0 amide bonds. The first kappa shape index (κ1) is 14.4. The van der Waals surface area contributed by atoms with E-state index in [4.69, 9.17) is 16.3 Å². The standard InChI is InChI=1S/C17H15ClO2/c1-12-3-5-14(6-4-12)17(19)9-10-20-15-7-8-16(18)13(2)11-15/h3-11H,1-2H3. The minimum atomic E-state index is -0.0873. The molecule has 20 heavy (non-hydrogen) atoms. The summed E-state index contributed by atoms with van der Waals surface area (Å²) in [5.74, 6) is 0.565. The van der Waals surface area contributed by atoms with Crippen molar-refractivity contribution in [3.8, 4) is 5.75 Å². The molecule has 0 saturated heterocycles. The van der Waals surface area contributed by atoms with Gasteiger partial charge in [-0.05, 0) is 37.6 Å². The molecule has 0 radical (unpaired) electrons. The molecule has 3 heteroatoms. The highest BCUT2D eigenvalue weighted by Gasteiger charge is 2.01. The van der Waals surface area contributed by atoms with Gasteiger partial charge in [-0.3, -0.25) is 4.79 Å². The van der Waals surface area contributed by atoms with Crippen molar-refractivity contribution in [2.24, 2.45) is 0 Å². The van der Waals surface area contributed by atoms with Gasteiger partial charge < -0.3 is 4.74 Å². The van der Waals surface area contributed by atoms with Crippen LogP contribution in [0.2, 0.25) is 5.02 Å². The molecular weight excluding hydrogens is 272 g/mol. The van der Waals surface area contributed by atoms with Gasteiger partial charge in [0.25, 0.3) is 0 Å². The lowest BCUT2D eigenvalue weighted by Gasteiger charge is -2.02. The molecule has 0 aromatic heterocycles. The van der Waals surface area contributed by atoms with Crippen LogP contribution in [-0.2, 0) is 0 Å². The van der Waals surface area contributed by atoms with E-state index in [2.05, 4.69) is 0 Å². The van der Waals surface area contributed by atoms with Crippen molar-refractivity contribution >= 4 is 17.4 Å². The number of rotatable bonds is 4. The van der Waals surface area contributed by atoms with Crippen molar-refractivity contribution in [3.63, 3.8) is 0 Å². The fourth-order valence-electron chi connectivity index (χ4n) is 1.68. The fourth-order valence-corrected chi connectivity index (χ4v) is 1.80. The topological polar surface area (TPSA) is 26.3 Å². The summed E-state index contributed by atoms with van der Waals surface area (Å²) in [6.45, 7) is 3.88. The Labute approximate surface area is 123 Å². The van der Waals surface area contributed by atoms with Gasteiger partial charge in [0.15, 0.2) is 5.78 Å². The van der Waals surface area contributed by atoms with Crippen molar-refractivity contribution in [3.05, 3.63) is 76.5 Å². The largest absolute Gasteiger partial charge is 0.465 e. The Morgan fingerprint density at radius 2 is 1.80 bits per heavy atom. The van der Waals surface area contributed by atoms with Crippen molar-refractivity contribution in [1.29, 1.82) is 0 Å². The van der Waals surface area contributed by atoms with Crippen LogP contribution in [0.3, 0.4) is 0 Å². The van der Waals surface area contributed by atoms with Crippen LogP contribution in [-0.4, -0.2) is 5.78 Å². The van der Waals surface area contributed by atoms with Crippen LogP contribution in [0.25, 0.3) is 0 Å². The van der Waals surface area contributed by atoms with Crippen molar-refractivity contribution in [1.82, 2.24) is 0 Å². The number of aryl methyl sites for hydroxylation is 2. The Morgan fingerprint density at radius 1 is 1.10 bits per heavy atom. The van der Waals surface area contributed by atoms with E-state index in [-0.39, 0.29) is 5.78 Å². The third-order valence-electron chi connectivity index (χ3n) is 2.89. The Hall–Kier alpha value is -2.06. The number of allylic oxidation sites excluding steroid dienone is 1. The van der Waals surface area contributed by atoms with Gasteiger partial charge in [0.1, 0.15) is 5.75 Å². The highest BCUT2D eigenvalue weighted by atomic mass is 35.5. The lowest BCUT2D eigenvalue weighted by molar-refractivity contribution is 0.104. The fraction of sp³-hybridized carbons (Fsp3) is 0.118.